The Labute approximate surface area is 225 Å². The number of amides is 1. The Morgan fingerprint density at radius 2 is 1.92 bits per heavy atom. The fraction of sp³-hybridized carbons (Fsp3) is 0.552. The lowest BCUT2D eigenvalue weighted by molar-refractivity contribution is -0.142. The van der Waals surface area contributed by atoms with Crippen LogP contribution in [0.2, 0.25) is 0 Å². The first-order valence-electron chi connectivity index (χ1n) is 13.4. The Balaban J connectivity index is 1.50. The second-order valence-electron chi connectivity index (χ2n) is 10.4. The Morgan fingerprint density at radius 3 is 2.63 bits per heavy atom. The molecule has 0 fully saturated rings. The number of fused-ring (bicyclic) bond motifs is 1. The number of aliphatic carboxylic acids is 1. The van der Waals surface area contributed by atoms with Gasteiger partial charge in [-0.1, -0.05) is 18.2 Å². The summed E-state index contributed by atoms with van der Waals surface area (Å²) in [5, 5.41) is 15.9. The van der Waals surface area contributed by atoms with Gasteiger partial charge in [-0.05, 0) is 88.2 Å². The number of unbranched alkanes of at least 4 members (excludes halogenated alkanes) is 1. The van der Waals surface area contributed by atoms with E-state index in [4.69, 9.17) is 9.72 Å². The molecule has 1 aliphatic rings. The van der Waals surface area contributed by atoms with Crippen molar-refractivity contribution in [1.82, 2.24) is 15.2 Å². The molecule has 0 aliphatic carbocycles. The SMILES string of the molecule is COCCN(CCCCc1ccc2c(n1)NCCC2)CC[C@H](NC(=O)C(C)(C)c1ccc(F)cc1)C(=O)O. The predicted molar refractivity (Wildman–Crippen MR) is 146 cm³/mol. The van der Waals surface area contributed by atoms with Crippen LogP contribution in [0.5, 0.6) is 0 Å². The van der Waals surface area contributed by atoms with E-state index in [1.807, 2.05) is 0 Å². The van der Waals surface area contributed by atoms with Crippen LogP contribution in [0, 0.1) is 5.82 Å². The highest BCUT2D eigenvalue weighted by molar-refractivity contribution is 5.90. The molecule has 0 bridgehead atoms. The number of rotatable bonds is 15. The summed E-state index contributed by atoms with van der Waals surface area (Å²) in [6.07, 6.45) is 5.29. The second kappa shape index (κ2) is 14.2. The van der Waals surface area contributed by atoms with Crippen LogP contribution in [0.4, 0.5) is 10.2 Å². The van der Waals surface area contributed by atoms with Gasteiger partial charge in [0.1, 0.15) is 17.7 Å². The minimum absolute atomic E-state index is 0.266. The predicted octanol–water partition coefficient (Wildman–Crippen LogP) is 3.79. The third-order valence-corrected chi connectivity index (χ3v) is 7.19. The summed E-state index contributed by atoms with van der Waals surface area (Å²) >= 11 is 0. The molecule has 0 unspecified atom stereocenters. The number of pyridine rings is 1. The zero-order valence-electron chi connectivity index (χ0n) is 22.8. The first-order valence-corrected chi connectivity index (χ1v) is 13.4. The van der Waals surface area contributed by atoms with Gasteiger partial charge in [0.2, 0.25) is 5.91 Å². The minimum atomic E-state index is -1.08. The van der Waals surface area contributed by atoms with Crippen LogP contribution >= 0.6 is 0 Å². The number of carboxylic acids is 1. The highest BCUT2D eigenvalue weighted by Gasteiger charge is 2.33. The van der Waals surface area contributed by atoms with Crippen LogP contribution in [0.3, 0.4) is 0 Å². The van der Waals surface area contributed by atoms with Gasteiger partial charge in [-0.25, -0.2) is 14.2 Å². The maximum Gasteiger partial charge on any atom is 0.326 e. The van der Waals surface area contributed by atoms with Gasteiger partial charge in [0.25, 0.3) is 0 Å². The molecule has 1 atom stereocenters. The van der Waals surface area contributed by atoms with Crippen molar-refractivity contribution in [2.45, 2.75) is 63.8 Å². The molecule has 3 N–H and O–H groups in total. The highest BCUT2D eigenvalue weighted by Crippen LogP contribution is 2.24. The topological polar surface area (TPSA) is 104 Å². The van der Waals surface area contributed by atoms with Crippen molar-refractivity contribution in [3.63, 3.8) is 0 Å². The largest absolute Gasteiger partial charge is 0.480 e. The molecular formula is C29H41FN4O4. The van der Waals surface area contributed by atoms with Gasteiger partial charge in [0.15, 0.2) is 0 Å². The van der Waals surface area contributed by atoms with Crippen LogP contribution < -0.4 is 10.6 Å². The van der Waals surface area contributed by atoms with E-state index in [1.54, 1.807) is 33.1 Å². The van der Waals surface area contributed by atoms with Crippen LogP contribution in [-0.4, -0.2) is 72.8 Å². The Bertz CT molecular complexity index is 1060. The fourth-order valence-corrected chi connectivity index (χ4v) is 4.61. The zero-order valence-corrected chi connectivity index (χ0v) is 22.8. The van der Waals surface area contributed by atoms with Gasteiger partial charge in [-0.15, -0.1) is 0 Å². The maximum absolute atomic E-state index is 13.3. The number of aromatic nitrogens is 1. The van der Waals surface area contributed by atoms with Gasteiger partial charge in [-0.3, -0.25) is 4.79 Å². The molecule has 1 aliphatic heterocycles. The number of hydrogen-bond donors (Lipinski definition) is 3. The number of nitrogens with one attached hydrogen (secondary N) is 2. The number of hydrogen-bond acceptors (Lipinski definition) is 6. The van der Waals surface area contributed by atoms with Crippen LogP contribution in [0.1, 0.15) is 56.4 Å². The number of benzene rings is 1. The summed E-state index contributed by atoms with van der Waals surface area (Å²) in [5.41, 5.74) is 1.98. The molecule has 2 aromatic rings. The first-order chi connectivity index (χ1) is 18.2. The summed E-state index contributed by atoms with van der Waals surface area (Å²) < 4.78 is 18.6. The van der Waals surface area contributed by atoms with Crippen molar-refractivity contribution in [2.75, 3.05) is 45.2 Å². The van der Waals surface area contributed by atoms with E-state index in [-0.39, 0.29) is 12.2 Å². The van der Waals surface area contributed by atoms with Crippen LogP contribution in [0.25, 0.3) is 0 Å². The molecule has 0 radical (unpaired) electrons. The zero-order chi connectivity index (χ0) is 27.5. The Hall–Kier alpha value is -3.04. The Morgan fingerprint density at radius 1 is 1.16 bits per heavy atom. The quantitative estimate of drug-likeness (QED) is 0.302. The average molecular weight is 529 g/mol. The standard InChI is InChI=1S/C29H41FN4O4/c1-29(2,22-10-12-23(30)13-11-22)28(37)33-25(27(35)36)15-18-34(19-20-38-3)17-5-4-8-24-14-9-21-7-6-16-31-26(21)32-24/h9-14,25H,4-8,15-20H2,1-3H3,(H,31,32)(H,33,37)(H,35,36)/t25-/m0/s1. The van der Waals surface area contributed by atoms with Crippen LogP contribution in [-0.2, 0) is 32.6 Å². The highest BCUT2D eigenvalue weighted by atomic mass is 19.1. The van der Waals surface area contributed by atoms with Crippen molar-refractivity contribution >= 4 is 17.7 Å². The van der Waals surface area contributed by atoms with E-state index in [0.29, 0.717) is 25.3 Å². The molecule has 1 aromatic heterocycles. The molecule has 0 saturated carbocycles. The normalized spacial score (nSPS) is 14.0. The second-order valence-corrected chi connectivity index (χ2v) is 10.4. The summed E-state index contributed by atoms with van der Waals surface area (Å²) in [5.74, 6) is -0.862. The molecule has 2 heterocycles. The van der Waals surface area contributed by atoms with E-state index in [2.05, 4.69) is 27.7 Å². The number of ether oxygens (including phenoxy) is 1. The fourth-order valence-electron chi connectivity index (χ4n) is 4.61. The molecule has 0 spiro atoms. The third kappa shape index (κ3) is 8.49. The summed E-state index contributed by atoms with van der Waals surface area (Å²) in [6, 6.07) is 8.95. The lowest BCUT2D eigenvalue weighted by Crippen LogP contribution is -2.49. The minimum Gasteiger partial charge on any atom is -0.480 e. The number of carbonyl (C=O) groups is 2. The molecule has 208 valence electrons. The van der Waals surface area contributed by atoms with Crippen molar-refractivity contribution in [3.8, 4) is 0 Å². The smallest absolute Gasteiger partial charge is 0.326 e. The molecule has 1 amide bonds. The number of carboxylic acid groups (broad SMARTS) is 1. The number of nitrogens with zero attached hydrogens (tertiary/aromatic N) is 2. The average Bonchev–Trinajstić information content (AvgIpc) is 2.91. The molecular weight excluding hydrogens is 487 g/mol. The first kappa shape index (κ1) is 29.5. The van der Waals surface area contributed by atoms with Gasteiger partial charge in [-0.2, -0.15) is 0 Å². The van der Waals surface area contributed by atoms with E-state index < -0.39 is 23.3 Å². The molecule has 1 aromatic carbocycles. The lowest BCUT2D eigenvalue weighted by Gasteiger charge is -2.28. The number of aryl methyl sites for hydroxylation is 2. The number of methoxy groups -OCH3 is 1. The van der Waals surface area contributed by atoms with Gasteiger partial charge >= 0.3 is 5.97 Å². The van der Waals surface area contributed by atoms with Gasteiger partial charge in [0.05, 0.1) is 12.0 Å². The van der Waals surface area contributed by atoms with Crippen molar-refractivity contribution in [2.24, 2.45) is 0 Å². The number of halogens is 1. The lowest BCUT2D eigenvalue weighted by atomic mass is 9.83. The summed E-state index contributed by atoms with van der Waals surface area (Å²) in [6.45, 7) is 6.91. The number of carbonyl (C=O) groups excluding carboxylic acids is 1. The maximum atomic E-state index is 13.3. The molecule has 8 nitrogen and oxygen atoms in total. The van der Waals surface area contributed by atoms with Gasteiger partial charge in [0, 0.05) is 32.4 Å². The number of anilines is 1. The van der Waals surface area contributed by atoms with Gasteiger partial charge < -0.3 is 25.4 Å². The summed E-state index contributed by atoms with van der Waals surface area (Å²) in [4.78, 5) is 31.9. The monoisotopic (exact) mass is 528 g/mol. The molecule has 3 rings (SSSR count). The van der Waals surface area contributed by atoms with Crippen molar-refractivity contribution < 1.29 is 23.8 Å². The molecule has 0 saturated heterocycles. The van der Waals surface area contributed by atoms with E-state index in [9.17, 15) is 19.1 Å². The van der Waals surface area contributed by atoms with Crippen molar-refractivity contribution in [3.05, 3.63) is 59.0 Å². The Kier molecular flexibility index (Phi) is 11.0. The molecule has 9 heteroatoms. The van der Waals surface area contributed by atoms with Crippen LogP contribution in [0.15, 0.2) is 36.4 Å². The van der Waals surface area contributed by atoms with E-state index in [0.717, 1.165) is 56.7 Å². The van der Waals surface area contributed by atoms with Crippen molar-refractivity contribution in [1.29, 1.82) is 0 Å². The molecule has 38 heavy (non-hydrogen) atoms. The van der Waals surface area contributed by atoms with E-state index >= 15 is 0 Å². The summed E-state index contributed by atoms with van der Waals surface area (Å²) in [7, 11) is 1.64. The third-order valence-electron chi connectivity index (χ3n) is 7.19. The van der Waals surface area contributed by atoms with E-state index in [1.165, 1.54) is 17.7 Å².